The van der Waals surface area contributed by atoms with Crippen LogP contribution in [0.1, 0.15) is 50.1 Å². The molecular weight excluding hydrogens is 270 g/mol. The standard InChI is InChI=1S/C15H21N3OS/c19-13(15-6-2-1-3-11(15)7-16-9-15)18-14-17-12(8-20-14)10-4-5-10/h8,10-11,16H,1-7,9H2,(H,17,18,19)/t11-,15+/m0/s1. The minimum absolute atomic E-state index is 0.177. The Morgan fingerprint density at radius 3 is 3.15 bits per heavy atom. The van der Waals surface area contributed by atoms with E-state index in [-0.39, 0.29) is 11.3 Å². The number of carbonyl (C=O) groups is 1. The number of aromatic nitrogens is 1. The Morgan fingerprint density at radius 2 is 2.30 bits per heavy atom. The van der Waals surface area contributed by atoms with E-state index >= 15 is 0 Å². The van der Waals surface area contributed by atoms with Gasteiger partial charge in [-0.25, -0.2) is 4.98 Å². The molecule has 0 bridgehead atoms. The van der Waals surface area contributed by atoms with Crippen molar-refractivity contribution < 1.29 is 4.79 Å². The Bertz CT molecular complexity index is 525. The Hall–Kier alpha value is -0.940. The maximum Gasteiger partial charge on any atom is 0.233 e. The van der Waals surface area contributed by atoms with Gasteiger partial charge in [-0.2, -0.15) is 0 Å². The van der Waals surface area contributed by atoms with Crippen molar-refractivity contribution in [1.82, 2.24) is 10.3 Å². The van der Waals surface area contributed by atoms with Crippen LogP contribution in [0.2, 0.25) is 0 Å². The van der Waals surface area contributed by atoms with E-state index in [2.05, 4.69) is 21.0 Å². The van der Waals surface area contributed by atoms with Crippen LogP contribution in [0.15, 0.2) is 5.38 Å². The smallest absolute Gasteiger partial charge is 0.233 e. The maximum atomic E-state index is 12.8. The molecular formula is C15H21N3OS. The van der Waals surface area contributed by atoms with Crippen LogP contribution >= 0.6 is 11.3 Å². The fraction of sp³-hybridized carbons (Fsp3) is 0.733. The molecule has 4 rings (SSSR count). The Morgan fingerprint density at radius 1 is 1.40 bits per heavy atom. The van der Waals surface area contributed by atoms with Crippen molar-refractivity contribution in [1.29, 1.82) is 0 Å². The fourth-order valence-corrected chi connectivity index (χ4v) is 4.61. The average Bonchev–Trinajstić information content (AvgIpc) is 3.04. The van der Waals surface area contributed by atoms with Gasteiger partial charge in [-0.1, -0.05) is 12.8 Å². The monoisotopic (exact) mass is 291 g/mol. The zero-order chi connectivity index (χ0) is 13.6. The zero-order valence-electron chi connectivity index (χ0n) is 11.7. The van der Waals surface area contributed by atoms with Crippen molar-refractivity contribution in [2.75, 3.05) is 18.4 Å². The van der Waals surface area contributed by atoms with Crippen molar-refractivity contribution in [2.24, 2.45) is 11.3 Å². The first kappa shape index (κ1) is 12.8. The van der Waals surface area contributed by atoms with Crippen molar-refractivity contribution in [3.8, 4) is 0 Å². The Balaban J connectivity index is 1.50. The first-order valence-electron chi connectivity index (χ1n) is 7.75. The number of thiazole rings is 1. The molecule has 0 unspecified atom stereocenters. The van der Waals surface area contributed by atoms with Gasteiger partial charge in [-0.15, -0.1) is 11.3 Å². The predicted octanol–water partition coefficient (Wildman–Crippen LogP) is 2.74. The quantitative estimate of drug-likeness (QED) is 0.900. The second-order valence-electron chi connectivity index (χ2n) is 6.54. The van der Waals surface area contributed by atoms with Crippen LogP contribution in [0, 0.1) is 11.3 Å². The number of nitrogens with zero attached hydrogens (tertiary/aromatic N) is 1. The topological polar surface area (TPSA) is 54.0 Å². The van der Waals surface area contributed by atoms with Crippen molar-refractivity contribution in [2.45, 2.75) is 44.4 Å². The summed E-state index contributed by atoms with van der Waals surface area (Å²) >= 11 is 1.58. The van der Waals surface area contributed by atoms with Gasteiger partial charge >= 0.3 is 0 Å². The van der Waals surface area contributed by atoms with Gasteiger partial charge in [-0.3, -0.25) is 4.79 Å². The van der Waals surface area contributed by atoms with Crippen molar-refractivity contribution in [3.05, 3.63) is 11.1 Å². The summed E-state index contributed by atoms with van der Waals surface area (Å²) in [6.45, 7) is 1.84. The van der Waals surface area contributed by atoms with Crippen LogP contribution in [0.3, 0.4) is 0 Å². The molecule has 20 heavy (non-hydrogen) atoms. The predicted molar refractivity (Wildman–Crippen MR) is 80.0 cm³/mol. The molecule has 3 aliphatic rings. The molecule has 2 N–H and O–H groups in total. The normalized spacial score (nSPS) is 32.9. The van der Waals surface area contributed by atoms with E-state index in [1.54, 1.807) is 11.3 Å². The molecule has 3 fully saturated rings. The van der Waals surface area contributed by atoms with Crippen LogP contribution in [0.4, 0.5) is 5.13 Å². The van der Waals surface area contributed by atoms with E-state index in [1.807, 2.05) is 0 Å². The third-order valence-corrected chi connectivity index (χ3v) is 6.00. The highest BCUT2D eigenvalue weighted by molar-refractivity contribution is 7.13. The van der Waals surface area contributed by atoms with Crippen LogP contribution < -0.4 is 10.6 Å². The summed E-state index contributed by atoms with van der Waals surface area (Å²) in [5.41, 5.74) is 0.997. The van der Waals surface area contributed by atoms with Crippen LogP contribution in [-0.4, -0.2) is 24.0 Å². The molecule has 4 nitrogen and oxygen atoms in total. The number of anilines is 1. The van der Waals surface area contributed by atoms with Gasteiger partial charge in [0.1, 0.15) is 0 Å². The summed E-state index contributed by atoms with van der Waals surface area (Å²) < 4.78 is 0. The maximum absolute atomic E-state index is 12.8. The van der Waals surface area contributed by atoms with Gasteiger partial charge in [0.15, 0.2) is 5.13 Å². The molecule has 1 aromatic heterocycles. The van der Waals surface area contributed by atoms with Gasteiger partial charge in [0.25, 0.3) is 0 Å². The van der Waals surface area contributed by atoms with E-state index in [0.29, 0.717) is 11.8 Å². The third kappa shape index (κ3) is 2.07. The number of hydrogen-bond acceptors (Lipinski definition) is 4. The number of nitrogens with one attached hydrogen (secondary N) is 2. The summed E-state index contributed by atoms with van der Waals surface area (Å²) in [7, 11) is 0. The van der Waals surface area contributed by atoms with Gasteiger partial charge in [-0.05, 0) is 38.1 Å². The lowest BCUT2D eigenvalue weighted by Gasteiger charge is -2.36. The molecule has 2 atom stereocenters. The summed E-state index contributed by atoms with van der Waals surface area (Å²) in [4.78, 5) is 17.4. The van der Waals surface area contributed by atoms with Crippen LogP contribution in [-0.2, 0) is 4.79 Å². The van der Waals surface area contributed by atoms with Gasteiger partial charge < -0.3 is 10.6 Å². The number of rotatable bonds is 3. The van der Waals surface area contributed by atoms with Crippen LogP contribution in [0.5, 0.6) is 0 Å². The molecule has 108 valence electrons. The molecule has 0 aromatic carbocycles. The molecule has 0 spiro atoms. The second kappa shape index (κ2) is 4.81. The summed E-state index contributed by atoms with van der Waals surface area (Å²) in [5, 5.41) is 9.43. The number of amides is 1. The van der Waals surface area contributed by atoms with Gasteiger partial charge in [0, 0.05) is 17.8 Å². The van der Waals surface area contributed by atoms with E-state index in [0.717, 1.165) is 24.6 Å². The van der Waals surface area contributed by atoms with Crippen molar-refractivity contribution in [3.63, 3.8) is 0 Å². The molecule has 1 aromatic rings. The second-order valence-corrected chi connectivity index (χ2v) is 7.39. The number of fused-ring (bicyclic) bond motifs is 1. The molecule has 2 saturated carbocycles. The van der Waals surface area contributed by atoms with Gasteiger partial charge in [0.2, 0.25) is 5.91 Å². The molecule has 0 radical (unpaired) electrons. The summed E-state index contributed by atoms with van der Waals surface area (Å²) in [5.74, 6) is 1.37. The number of carbonyl (C=O) groups excluding carboxylic acids is 1. The lowest BCUT2D eigenvalue weighted by molar-refractivity contribution is -0.128. The molecule has 1 amide bonds. The summed E-state index contributed by atoms with van der Waals surface area (Å²) in [6, 6.07) is 0. The van der Waals surface area contributed by atoms with Crippen LogP contribution in [0.25, 0.3) is 0 Å². The highest BCUT2D eigenvalue weighted by atomic mass is 32.1. The first-order chi connectivity index (χ1) is 9.78. The summed E-state index contributed by atoms with van der Waals surface area (Å²) in [6.07, 6.45) is 7.17. The Kier molecular flexibility index (Phi) is 3.07. The number of hydrogen-bond donors (Lipinski definition) is 2. The third-order valence-electron chi connectivity index (χ3n) is 5.23. The lowest BCUT2D eigenvalue weighted by atomic mass is 9.68. The Labute approximate surface area is 123 Å². The zero-order valence-corrected chi connectivity index (χ0v) is 12.5. The van der Waals surface area contributed by atoms with E-state index in [4.69, 9.17) is 0 Å². The van der Waals surface area contributed by atoms with E-state index in [9.17, 15) is 4.79 Å². The highest BCUT2D eigenvalue weighted by Gasteiger charge is 2.50. The SMILES string of the molecule is O=C(Nc1nc(C2CC2)cs1)[C@@]12CCCC[C@H]1CNC2. The lowest BCUT2D eigenvalue weighted by Crippen LogP contribution is -2.44. The molecule has 5 heteroatoms. The first-order valence-corrected chi connectivity index (χ1v) is 8.63. The van der Waals surface area contributed by atoms with E-state index in [1.165, 1.54) is 37.8 Å². The van der Waals surface area contributed by atoms with Gasteiger partial charge in [0.05, 0.1) is 11.1 Å². The minimum atomic E-state index is -0.177. The average molecular weight is 291 g/mol. The molecule has 2 aliphatic carbocycles. The fourth-order valence-electron chi connectivity index (χ4n) is 3.82. The van der Waals surface area contributed by atoms with Crippen molar-refractivity contribution >= 4 is 22.4 Å². The van der Waals surface area contributed by atoms with E-state index < -0.39 is 0 Å². The highest BCUT2D eigenvalue weighted by Crippen LogP contribution is 2.45. The molecule has 1 saturated heterocycles. The molecule has 1 aliphatic heterocycles. The minimum Gasteiger partial charge on any atom is -0.315 e. The molecule has 2 heterocycles. The largest absolute Gasteiger partial charge is 0.315 e.